The van der Waals surface area contributed by atoms with Crippen LogP contribution in [0.4, 0.5) is 5.69 Å². The highest BCUT2D eigenvalue weighted by atomic mass is 15.2. The van der Waals surface area contributed by atoms with Crippen LogP contribution >= 0.6 is 0 Å². The Bertz CT molecular complexity index is 257. The van der Waals surface area contributed by atoms with Crippen LogP contribution in [0.5, 0.6) is 0 Å². The molecule has 0 aromatic carbocycles. The van der Waals surface area contributed by atoms with Gasteiger partial charge in [-0.2, -0.15) is 0 Å². The summed E-state index contributed by atoms with van der Waals surface area (Å²) in [5, 5.41) is 0. The van der Waals surface area contributed by atoms with E-state index in [0.717, 1.165) is 26.2 Å². The van der Waals surface area contributed by atoms with Gasteiger partial charge in [0.25, 0.3) is 0 Å². The van der Waals surface area contributed by atoms with Crippen LogP contribution in [-0.4, -0.2) is 44.0 Å². The van der Waals surface area contributed by atoms with E-state index in [1.807, 2.05) is 29.3 Å². The van der Waals surface area contributed by atoms with Gasteiger partial charge in [-0.05, 0) is 12.1 Å². The van der Waals surface area contributed by atoms with Crippen LogP contribution < -0.4 is 4.90 Å². The van der Waals surface area contributed by atoms with Crippen LogP contribution in [0.15, 0.2) is 24.5 Å². The zero-order valence-corrected chi connectivity index (χ0v) is 7.56. The van der Waals surface area contributed by atoms with Crippen molar-refractivity contribution in [3.63, 3.8) is 0 Å². The number of pyridine rings is 1. The average Bonchev–Trinajstić information content (AvgIpc) is 2.20. The van der Waals surface area contributed by atoms with Crippen molar-refractivity contribution in [3.05, 3.63) is 24.5 Å². The third-order valence-electron chi connectivity index (χ3n) is 2.34. The summed E-state index contributed by atoms with van der Waals surface area (Å²) in [5.41, 5.74) is 1.24. The molecule has 1 aliphatic rings. The van der Waals surface area contributed by atoms with Gasteiger partial charge >= 0.3 is 0 Å². The predicted octanol–water partition coefficient (Wildman–Crippen LogP) is 0.287. The summed E-state index contributed by atoms with van der Waals surface area (Å²) in [7, 11) is 5.67. The Morgan fingerprint density at radius 1 is 1.08 bits per heavy atom. The lowest BCUT2D eigenvalue weighted by Gasteiger charge is -2.34. The molecule has 1 fully saturated rings. The Labute approximate surface area is 79.8 Å². The Kier molecular flexibility index (Phi) is 2.50. The molecule has 2 heterocycles. The Hall–Kier alpha value is -1.03. The minimum atomic E-state index is 0.933. The molecule has 0 spiro atoms. The molecule has 1 aliphatic heterocycles. The molecule has 0 unspecified atom stereocenters. The smallest absolute Gasteiger partial charge is 0.182 e. The third-order valence-corrected chi connectivity index (χ3v) is 2.34. The van der Waals surface area contributed by atoms with Crippen LogP contribution in [0, 0.1) is 0 Å². The molecule has 0 bridgehead atoms. The number of aromatic nitrogens is 1. The summed E-state index contributed by atoms with van der Waals surface area (Å²) in [6, 6.07) is 4.07. The second-order valence-electron chi connectivity index (χ2n) is 3.23. The topological polar surface area (TPSA) is 19.4 Å². The minimum absolute atomic E-state index is 0.933. The van der Waals surface area contributed by atoms with E-state index in [-0.39, 0.29) is 0 Å². The molecule has 1 saturated heterocycles. The van der Waals surface area contributed by atoms with Crippen molar-refractivity contribution in [2.45, 2.75) is 0 Å². The molecule has 2 rings (SSSR count). The minimum Gasteiger partial charge on any atom is -0.369 e. The highest BCUT2D eigenvalue weighted by Crippen LogP contribution is 2.13. The normalized spacial score (nSPS) is 18.9. The highest BCUT2D eigenvalue weighted by Gasteiger charge is 2.12. The number of hydrogen-bond donors (Lipinski definition) is 0. The van der Waals surface area contributed by atoms with E-state index in [2.05, 4.69) is 9.88 Å². The van der Waals surface area contributed by atoms with E-state index in [0.29, 0.717) is 0 Å². The fraction of sp³-hybridized carbons (Fsp3) is 0.444. The van der Waals surface area contributed by atoms with Gasteiger partial charge in [0.1, 0.15) is 0 Å². The average molecular weight is 173 g/mol. The second kappa shape index (κ2) is 3.79. The molecule has 0 aliphatic carbocycles. The summed E-state index contributed by atoms with van der Waals surface area (Å²) in [5.74, 6) is 0. The fourth-order valence-corrected chi connectivity index (χ4v) is 1.53. The third kappa shape index (κ3) is 2.01. The van der Waals surface area contributed by atoms with E-state index in [4.69, 9.17) is 7.98 Å². The summed E-state index contributed by atoms with van der Waals surface area (Å²) in [4.78, 5) is 8.18. The van der Waals surface area contributed by atoms with E-state index < -0.39 is 0 Å². The molecular formula is C9H12BN3. The molecule has 3 nitrogen and oxygen atoms in total. The van der Waals surface area contributed by atoms with Crippen LogP contribution in [0.3, 0.4) is 0 Å². The number of rotatable bonds is 1. The molecule has 66 valence electrons. The van der Waals surface area contributed by atoms with Crippen LogP contribution in [0.25, 0.3) is 0 Å². The maximum Gasteiger partial charge on any atom is 0.182 e. The van der Waals surface area contributed by atoms with Crippen molar-refractivity contribution in [2.24, 2.45) is 0 Å². The second-order valence-corrected chi connectivity index (χ2v) is 3.23. The molecule has 0 atom stereocenters. The van der Waals surface area contributed by atoms with Gasteiger partial charge < -0.3 is 9.71 Å². The first kappa shape index (κ1) is 8.57. The molecule has 0 N–H and O–H groups in total. The monoisotopic (exact) mass is 173 g/mol. The Balaban J connectivity index is 2.03. The molecule has 2 radical (unpaired) electrons. The van der Waals surface area contributed by atoms with E-state index in [1.54, 1.807) is 0 Å². The van der Waals surface area contributed by atoms with Crippen LogP contribution in [0.1, 0.15) is 0 Å². The lowest BCUT2D eigenvalue weighted by molar-refractivity contribution is 0.415. The van der Waals surface area contributed by atoms with E-state index >= 15 is 0 Å². The van der Waals surface area contributed by atoms with Gasteiger partial charge in [-0.25, -0.2) is 0 Å². The van der Waals surface area contributed by atoms with Crippen molar-refractivity contribution < 1.29 is 0 Å². The first-order chi connectivity index (χ1) is 6.36. The summed E-state index contributed by atoms with van der Waals surface area (Å²) in [6.07, 6.45) is 3.65. The Morgan fingerprint density at radius 2 is 1.69 bits per heavy atom. The summed E-state index contributed by atoms with van der Waals surface area (Å²) in [6.45, 7) is 3.87. The van der Waals surface area contributed by atoms with Crippen molar-refractivity contribution in [3.8, 4) is 0 Å². The quantitative estimate of drug-likeness (QED) is 0.569. The van der Waals surface area contributed by atoms with Crippen LogP contribution in [-0.2, 0) is 0 Å². The largest absolute Gasteiger partial charge is 0.369 e. The van der Waals surface area contributed by atoms with Gasteiger partial charge in [0, 0.05) is 44.3 Å². The standard InChI is InChI=1S/C9H12BN3/c10-13-7-5-12(6-8-13)9-1-3-11-4-2-9/h1-4H,5-8H2. The van der Waals surface area contributed by atoms with Gasteiger partial charge in [-0.1, -0.05) is 0 Å². The van der Waals surface area contributed by atoms with E-state index in [9.17, 15) is 0 Å². The van der Waals surface area contributed by atoms with Crippen molar-refractivity contribution in [1.82, 2.24) is 9.79 Å². The highest BCUT2D eigenvalue weighted by molar-refractivity contribution is 6.04. The maximum atomic E-state index is 5.67. The number of hydrogen-bond acceptors (Lipinski definition) is 3. The number of anilines is 1. The molecule has 0 saturated carbocycles. The number of piperazine rings is 1. The molecule has 1 aromatic heterocycles. The first-order valence-electron chi connectivity index (χ1n) is 4.51. The maximum absolute atomic E-state index is 5.67. The fourth-order valence-electron chi connectivity index (χ4n) is 1.53. The molecular weight excluding hydrogens is 161 g/mol. The zero-order chi connectivity index (χ0) is 9.10. The summed E-state index contributed by atoms with van der Waals surface area (Å²) >= 11 is 0. The van der Waals surface area contributed by atoms with E-state index in [1.165, 1.54) is 5.69 Å². The predicted molar refractivity (Wildman–Crippen MR) is 53.8 cm³/mol. The van der Waals surface area contributed by atoms with Gasteiger partial charge in [-0.15, -0.1) is 0 Å². The molecule has 4 heteroatoms. The van der Waals surface area contributed by atoms with Crippen molar-refractivity contribution >= 4 is 13.7 Å². The lowest BCUT2D eigenvalue weighted by atomic mass is 10.2. The van der Waals surface area contributed by atoms with Gasteiger partial charge in [-0.3, -0.25) is 4.98 Å². The molecule has 1 aromatic rings. The van der Waals surface area contributed by atoms with Gasteiger partial charge in [0.15, 0.2) is 7.98 Å². The lowest BCUT2D eigenvalue weighted by Crippen LogP contribution is -2.45. The molecule has 13 heavy (non-hydrogen) atoms. The summed E-state index contributed by atoms with van der Waals surface area (Å²) < 4.78 is 0. The zero-order valence-electron chi connectivity index (χ0n) is 7.56. The van der Waals surface area contributed by atoms with Crippen molar-refractivity contribution in [2.75, 3.05) is 31.1 Å². The van der Waals surface area contributed by atoms with Gasteiger partial charge in [0.2, 0.25) is 0 Å². The first-order valence-corrected chi connectivity index (χ1v) is 4.51. The van der Waals surface area contributed by atoms with Gasteiger partial charge in [0.05, 0.1) is 0 Å². The number of nitrogens with zero attached hydrogens (tertiary/aromatic N) is 3. The van der Waals surface area contributed by atoms with Crippen LogP contribution in [0.2, 0.25) is 0 Å². The Morgan fingerprint density at radius 3 is 2.31 bits per heavy atom. The SMILES string of the molecule is [B]N1CCN(c2ccncc2)CC1. The molecule has 0 amide bonds. The van der Waals surface area contributed by atoms with Crippen molar-refractivity contribution in [1.29, 1.82) is 0 Å².